The Morgan fingerprint density at radius 2 is 1.89 bits per heavy atom. The maximum atomic E-state index is 10.6. The fraction of sp³-hybridized carbons (Fsp3) is 0.143. The number of ether oxygens (including phenoxy) is 1. The van der Waals surface area contributed by atoms with Gasteiger partial charge in [0.2, 0.25) is 5.70 Å². The third-order valence-corrected chi connectivity index (χ3v) is 2.74. The van der Waals surface area contributed by atoms with Gasteiger partial charge in [-0.05, 0) is 34.5 Å². The van der Waals surface area contributed by atoms with Crippen LogP contribution in [0.3, 0.4) is 0 Å². The Morgan fingerprint density at radius 1 is 1.22 bits per heavy atom. The number of hydrogen-bond donors (Lipinski definition) is 0. The Labute approximate surface area is 105 Å². The molecule has 0 atom stereocenters. The molecule has 0 heterocycles. The van der Waals surface area contributed by atoms with Crippen molar-refractivity contribution in [1.29, 1.82) is 0 Å². The predicted molar refractivity (Wildman–Crippen MR) is 71.1 cm³/mol. The molecule has 0 aliphatic carbocycles. The molecule has 92 valence electrons. The number of nitro groups is 1. The van der Waals surface area contributed by atoms with Crippen molar-refractivity contribution >= 4 is 16.8 Å². The van der Waals surface area contributed by atoms with Crippen molar-refractivity contribution in [3.8, 4) is 5.75 Å². The SMILES string of the molecule is COc1ccc2cc(/C=C(\C)[N+](=O)[O-])ccc2c1. The van der Waals surface area contributed by atoms with Crippen LogP contribution in [0.1, 0.15) is 12.5 Å². The van der Waals surface area contributed by atoms with E-state index in [9.17, 15) is 10.1 Å². The summed E-state index contributed by atoms with van der Waals surface area (Å²) >= 11 is 0. The minimum atomic E-state index is -0.391. The summed E-state index contributed by atoms with van der Waals surface area (Å²) in [5, 5.41) is 12.6. The molecule has 0 aliphatic rings. The van der Waals surface area contributed by atoms with Gasteiger partial charge in [0.25, 0.3) is 0 Å². The minimum absolute atomic E-state index is 0.128. The van der Waals surface area contributed by atoms with Gasteiger partial charge >= 0.3 is 0 Å². The molecule has 2 aromatic rings. The highest BCUT2D eigenvalue weighted by molar-refractivity contribution is 5.86. The summed E-state index contributed by atoms with van der Waals surface area (Å²) in [4.78, 5) is 10.2. The summed E-state index contributed by atoms with van der Waals surface area (Å²) < 4.78 is 5.15. The molecular formula is C14H13NO3. The molecule has 18 heavy (non-hydrogen) atoms. The molecular weight excluding hydrogens is 230 g/mol. The molecule has 0 unspecified atom stereocenters. The van der Waals surface area contributed by atoms with Crippen LogP contribution >= 0.6 is 0 Å². The molecule has 2 rings (SSSR count). The van der Waals surface area contributed by atoms with E-state index in [0.717, 1.165) is 22.1 Å². The molecule has 0 spiro atoms. The topological polar surface area (TPSA) is 52.4 Å². The molecule has 4 nitrogen and oxygen atoms in total. The maximum Gasteiger partial charge on any atom is 0.243 e. The third kappa shape index (κ3) is 2.48. The molecule has 2 aromatic carbocycles. The largest absolute Gasteiger partial charge is 0.497 e. The molecule has 0 bridgehead atoms. The van der Waals surface area contributed by atoms with Crippen molar-refractivity contribution in [1.82, 2.24) is 0 Å². The molecule has 0 N–H and O–H groups in total. The van der Waals surface area contributed by atoms with E-state index in [1.807, 2.05) is 36.4 Å². The van der Waals surface area contributed by atoms with Crippen molar-refractivity contribution in [3.63, 3.8) is 0 Å². The number of allylic oxidation sites excluding steroid dienone is 1. The molecule has 0 saturated heterocycles. The number of hydrogen-bond acceptors (Lipinski definition) is 3. The van der Waals surface area contributed by atoms with Crippen molar-refractivity contribution < 1.29 is 9.66 Å². The number of benzene rings is 2. The first-order valence-corrected chi connectivity index (χ1v) is 5.50. The van der Waals surface area contributed by atoms with Gasteiger partial charge in [0.05, 0.1) is 12.0 Å². The van der Waals surface area contributed by atoms with Crippen molar-refractivity contribution in [2.24, 2.45) is 0 Å². The Morgan fingerprint density at radius 3 is 2.56 bits per heavy atom. The van der Waals surface area contributed by atoms with Gasteiger partial charge in [-0.15, -0.1) is 0 Å². The van der Waals surface area contributed by atoms with Crippen LogP contribution in [0.15, 0.2) is 42.1 Å². The average Bonchev–Trinajstić information content (AvgIpc) is 2.37. The standard InChI is InChI=1S/C14H13NO3/c1-10(15(16)17)7-11-3-4-13-9-14(18-2)6-5-12(13)8-11/h3-9H,1-2H3/b10-7+. The summed E-state index contributed by atoms with van der Waals surface area (Å²) in [7, 11) is 1.62. The second-order valence-electron chi connectivity index (χ2n) is 4.02. The first-order chi connectivity index (χ1) is 8.60. The Bertz CT molecular complexity index is 632. The van der Waals surface area contributed by atoms with E-state index < -0.39 is 4.92 Å². The molecule has 0 saturated carbocycles. The summed E-state index contributed by atoms with van der Waals surface area (Å²) in [5.74, 6) is 0.798. The van der Waals surface area contributed by atoms with Crippen LogP contribution in [0.5, 0.6) is 5.75 Å². The lowest BCUT2D eigenvalue weighted by Crippen LogP contribution is -1.92. The zero-order chi connectivity index (χ0) is 13.1. The van der Waals surface area contributed by atoms with Gasteiger partial charge in [-0.3, -0.25) is 10.1 Å². The van der Waals surface area contributed by atoms with Crippen molar-refractivity contribution in [2.75, 3.05) is 7.11 Å². The van der Waals surface area contributed by atoms with Crippen molar-refractivity contribution in [3.05, 3.63) is 57.8 Å². The van der Waals surface area contributed by atoms with Crippen LogP contribution < -0.4 is 4.74 Å². The molecule has 0 amide bonds. The normalized spacial score (nSPS) is 11.6. The van der Waals surface area contributed by atoms with E-state index in [2.05, 4.69) is 0 Å². The van der Waals surface area contributed by atoms with Gasteiger partial charge in [0.15, 0.2) is 0 Å². The molecule has 0 aliphatic heterocycles. The van der Waals surface area contributed by atoms with Crippen LogP contribution in [-0.2, 0) is 0 Å². The minimum Gasteiger partial charge on any atom is -0.497 e. The van der Waals surface area contributed by atoms with Crippen LogP contribution in [0, 0.1) is 10.1 Å². The molecule has 0 fully saturated rings. The number of nitrogens with zero attached hydrogens (tertiary/aromatic N) is 1. The van der Waals surface area contributed by atoms with Crippen LogP contribution in [0.25, 0.3) is 16.8 Å². The van der Waals surface area contributed by atoms with Gasteiger partial charge in [-0.25, -0.2) is 0 Å². The Balaban J connectivity index is 2.45. The first-order valence-electron chi connectivity index (χ1n) is 5.50. The highest BCUT2D eigenvalue weighted by Crippen LogP contribution is 2.22. The summed E-state index contributed by atoms with van der Waals surface area (Å²) in [6.45, 7) is 1.48. The summed E-state index contributed by atoms with van der Waals surface area (Å²) in [6, 6.07) is 11.4. The molecule has 0 aromatic heterocycles. The van der Waals surface area contributed by atoms with Gasteiger partial charge in [-0.1, -0.05) is 18.2 Å². The third-order valence-electron chi connectivity index (χ3n) is 2.74. The summed E-state index contributed by atoms with van der Waals surface area (Å²) in [6.07, 6.45) is 1.56. The first kappa shape index (κ1) is 12.1. The molecule has 4 heteroatoms. The van der Waals surface area contributed by atoms with E-state index in [4.69, 9.17) is 4.74 Å². The zero-order valence-corrected chi connectivity index (χ0v) is 10.2. The highest BCUT2D eigenvalue weighted by Gasteiger charge is 2.03. The second kappa shape index (κ2) is 4.87. The van der Waals surface area contributed by atoms with Crippen LogP contribution in [0.4, 0.5) is 0 Å². The van der Waals surface area contributed by atoms with Gasteiger partial charge in [-0.2, -0.15) is 0 Å². The quantitative estimate of drug-likeness (QED) is 0.612. The monoisotopic (exact) mass is 243 g/mol. The smallest absolute Gasteiger partial charge is 0.243 e. The van der Waals surface area contributed by atoms with Crippen LogP contribution in [-0.4, -0.2) is 12.0 Å². The Hall–Kier alpha value is -2.36. The lowest BCUT2D eigenvalue weighted by Gasteiger charge is -2.03. The fourth-order valence-electron chi connectivity index (χ4n) is 1.75. The number of methoxy groups -OCH3 is 1. The maximum absolute atomic E-state index is 10.6. The van der Waals surface area contributed by atoms with Crippen LogP contribution in [0.2, 0.25) is 0 Å². The number of fused-ring (bicyclic) bond motifs is 1. The van der Waals surface area contributed by atoms with E-state index >= 15 is 0 Å². The Kier molecular flexibility index (Phi) is 3.28. The van der Waals surface area contributed by atoms with Crippen molar-refractivity contribution in [2.45, 2.75) is 6.92 Å². The van der Waals surface area contributed by atoms with E-state index in [0.29, 0.717) is 0 Å². The highest BCUT2D eigenvalue weighted by atomic mass is 16.6. The van der Waals surface area contributed by atoms with Gasteiger partial charge in [0.1, 0.15) is 5.75 Å². The van der Waals surface area contributed by atoms with Gasteiger partial charge in [0, 0.05) is 13.0 Å². The van der Waals surface area contributed by atoms with E-state index in [1.165, 1.54) is 6.92 Å². The predicted octanol–water partition coefficient (Wildman–Crippen LogP) is 3.49. The van der Waals surface area contributed by atoms with E-state index in [1.54, 1.807) is 13.2 Å². The summed E-state index contributed by atoms with van der Waals surface area (Å²) in [5.41, 5.74) is 0.949. The zero-order valence-electron chi connectivity index (χ0n) is 10.2. The van der Waals surface area contributed by atoms with E-state index in [-0.39, 0.29) is 5.70 Å². The fourth-order valence-corrected chi connectivity index (χ4v) is 1.75. The lowest BCUT2D eigenvalue weighted by molar-refractivity contribution is -0.422. The van der Waals surface area contributed by atoms with Gasteiger partial charge < -0.3 is 4.74 Å². The average molecular weight is 243 g/mol. The lowest BCUT2D eigenvalue weighted by atomic mass is 10.1. The second-order valence-corrected chi connectivity index (χ2v) is 4.02. The number of rotatable bonds is 3. The molecule has 0 radical (unpaired) electrons.